The highest BCUT2D eigenvalue weighted by Gasteiger charge is 2.14. The summed E-state index contributed by atoms with van der Waals surface area (Å²) in [6.07, 6.45) is 0.172. The Bertz CT molecular complexity index is 549. The summed E-state index contributed by atoms with van der Waals surface area (Å²) in [6.45, 7) is 4.35. The Labute approximate surface area is 126 Å². The SMILES string of the molecule is CC(C)CC(O)CNC(=O)c1csc(-c2ccsc2)n1. The van der Waals surface area contributed by atoms with Crippen LogP contribution in [0.3, 0.4) is 0 Å². The second-order valence-corrected chi connectivity index (χ2v) is 6.68. The molecule has 0 saturated carbocycles. The minimum absolute atomic E-state index is 0.231. The molecule has 2 aromatic rings. The summed E-state index contributed by atoms with van der Waals surface area (Å²) >= 11 is 3.06. The van der Waals surface area contributed by atoms with Gasteiger partial charge in [0, 0.05) is 22.9 Å². The Morgan fingerprint density at radius 3 is 2.90 bits per heavy atom. The van der Waals surface area contributed by atoms with Gasteiger partial charge in [0.1, 0.15) is 10.7 Å². The van der Waals surface area contributed by atoms with E-state index in [0.717, 1.165) is 10.6 Å². The predicted molar refractivity (Wildman–Crippen MR) is 83.2 cm³/mol. The van der Waals surface area contributed by atoms with E-state index in [-0.39, 0.29) is 12.5 Å². The zero-order valence-electron chi connectivity index (χ0n) is 11.5. The number of carbonyl (C=O) groups excluding carboxylic acids is 1. The summed E-state index contributed by atoms with van der Waals surface area (Å²) in [7, 11) is 0. The number of hydrogen-bond donors (Lipinski definition) is 2. The highest BCUT2D eigenvalue weighted by Crippen LogP contribution is 2.25. The Kier molecular flexibility index (Phi) is 5.28. The second kappa shape index (κ2) is 6.97. The quantitative estimate of drug-likeness (QED) is 0.862. The van der Waals surface area contributed by atoms with Crippen molar-refractivity contribution in [1.29, 1.82) is 0 Å². The molecule has 1 amide bonds. The maximum absolute atomic E-state index is 11.9. The summed E-state index contributed by atoms with van der Waals surface area (Å²) in [5.74, 6) is 0.178. The van der Waals surface area contributed by atoms with E-state index in [1.54, 1.807) is 16.7 Å². The van der Waals surface area contributed by atoms with E-state index in [0.29, 0.717) is 18.0 Å². The van der Waals surface area contributed by atoms with Crippen LogP contribution in [0.4, 0.5) is 0 Å². The van der Waals surface area contributed by atoms with Gasteiger partial charge in [-0.3, -0.25) is 4.79 Å². The van der Waals surface area contributed by atoms with Gasteiger partial charge in [0.25, 0.3) is 5.91 Å². The van der Waals surface area contributed by atoms with Crippen molar-refractivity contribution in [2.45, 2.75) is 26.4 Å². The summed E-state index contributed by atoms with van der Waals surface area (Å²) in [6, 6.07) is 1.98. The molecule has 0 aliphatic heterocycles. The minimum Gasteiger partial charge on any atom is -0.391 e. The lowest BCUT2D eigenvalue weighted by molar-refractivity contribution is 0.0896. The molecule has 2 aromatic heterocycles. The van der Waals surface area contributed by atoms with Gasteiger partial charge in [0.2, 0.25) is 0 Å². The van der Waals surface area contributed by atoms with Gasteiger partial charge in [0.05, 0.1) is 6.10 Å². The first-order valence-corrected chi connectivity index (χ1v) is 8.33. The number of rotatable bonds is 6. The van der Waals surface area contributed by atoms with Crippen molar-refractivity contribution in [3.05, 3.63) is 27.9 Å². The van der Waals surface area contributed by atoms with Gasteiger partial charge in [-0.2, -0.15) is 11.3 Å². The van der Waals surface area contributed by atoms with E-state index < -0.39 is 6.10 Å². The van der Waals surface area contributed by atoms with Crippen molar-refractivity contribution in [2.75, 3.05) is 6.54 Å². The molecule has 108 valence electrons. The van der Waals surface area contributed by atoms with Crippen LogP contribution in [0, 0.1) is 5.92 Å². The molecule has 1 atom stereocenters. The molecule has 0 spiro atoms. The van der Waals surface area contributed by atoms with Crippen LogP contribution < -0.4 is 5.32 Å². The predicted octanol–water partition coefficient (Wildman–Crippen LogP) is 3.01. The van der Waals surface area contributed by atoms with E-state index in [1.165, 1.54) is 11.3 Å². The van der Waals surface area contributed by atoms with Gasteiger partial charge in [-0.25, -0.2) is 4.98 Å². The Hall–Kier alpha value is -1.24. The molecule has 1 unspecified atom stereocenters. The molecule has 20 heavy (non-hydrogen) atoms. The van der Waals surface area contributed by atoms with Gasteiger partial charge >= 0.3 is 0 Å². The normalized spacial score (nSPS) is 12.6. The summed E-state index contributed by atoms with van der Waals surface area (Å²) in [5.41, 5.74) is 1.45. The lowest BCUT2D eigenvalue weighted by atomic mass is 10.1. The number of amides is 1. The molecule has 0 aromatic carbocycles. The van der Waals surface area contributed by atoms with Crippen molar-refractivity contribution >= 4 is 28.6 Å². The highest BCUT2D eigenvalue weighted by molar-refractivity contribution is 7.14. The fourth-order valence-corrected chi connectivity index (χ4v) is 3.34. The van der Waals surface area contributed by atoms with Crippen LogP contribution >= 0.6 is 22.7 Å². The third-order valence-electron chi connectivity index (χ3n) is 2.75. The molecule has 2 N–H and O–H groups in total. The molecule has 6 heteroatoms. The third-order valence-corrected chi connectivity index (χ3v) is 4.32. The maximum Gasteiger partial charge on any atom is 0.270 e. The van der Waals surface area contributed by atoms with Crippen molar-refractivity contribution in [2.24, 2.45) is 5.92 Å². The second-order valence-electron chi connectivity index (χ2n) is 5.04. The van der Waals surface area contributed by atoms with Crippen molar-refractivity contribution in [3.8, 4) is 10.6 Å². The molecule has 0 radical (unpaired) electrons. The molecule has 0 aliphatic carbocycles. The Morgan fingerprint density at radius 2 is 2.25 bits per heavy atom. The fraction of sp³-hybridized carbons (Fsp3) is 0.429. The topological polar surface area (TPSA) is 62.2 Å². The highest BCUT2D eigenvalue weighted by atomic mass is 32.1. The number of nitrogens with one attached hydrogen (secondary N) is 1. The number of aliphatic hydroxyl groups excluding tert-OH is 1. The van der Waals surface area contributed by atoms with Gasteiger partial charge in [-0.05, 0) is 23.8 Å². The lowest BCUT2D eigenvalue weighted by Gasteiger charge is -2.13. The molecule has 2 heterocycles. The largest absolute Gasteiger partial charge is 0.391 e. The zero-order chi connectivity index (χ0) is 14.5. The standard InChI is InChI=1S/C14H18N2O2S2/c1-9(2)5-11(17)6-15-13(18)12-8-20-14(16-12)10-3-4-19-7-10/h3-4,7-9,11,17H,5-6H2,1-2H3,(H,15,18). The van der Waals surface area contributed by atoms with Crippen LogP contribution in [-0.2, 0) is 0 Å². The minimum atomic E-state index is -0.506. The molecule has 0 bridgehead atoms. The van der Waals surface area contributed by atoms with E-state index in [4.69, 9.17) is 0 Å². The average molecular weight is 310 g/mol. The number of aliphatic hydroxyl groups is 1. The monoisotopic (exact) mass is 310 g/mol. The summed E-state index contributed by atoms with van der Waals surface area (Å²) in [5, 5.41) is 19.0. The molecule has 0 fully saturated rings. The molecular weight excluding hydrogens is 292 g/mol. The molecule has 2 rings (SSSR count). The van der Waals surface area contributed by atoms with E-state index in [9.17, 15) is 9.90 Å². The molecular formula is C14H18N2O2S2. The molecule has 0 saturated heterocycles. The molecule has 0 aliphatic rings. The number of carbonyl (C=O) groups is 1. The number of hydrogen-bond acceptors (Lipinski definition) is 5. The number of thiazole rings is 1. The molecule has 4 nitrogen and oxygen atoms in total. The number of thiophene rings is 1. The van der Waals surface area contributed by atoms with Crippen molar-refractivity contribution in [1.82, 2.24) is 10.3 Å². The van der Waals surface area contributed by atoms with Gasteiger partial charge < -0.3 is 10.4 Å². The van der Waals surface area contributed by atoms with Crippen LogP contribution in [0.1, 0.15) is 30.8 Å². The van der Waals surface area contributed by atoms with Gasteiger partial charge in [-0.15, -0.1) is 11.3 Å². The lowest BCUT2D eigenvalue weighted by Crippen LogP contribution is -2.32. The van der Waals surface area contributed by atoms with E-state index >= 15 is 0 Å². The van der Waals surface area contributed by atoms with Crippen LogP contribution in [0.5, 0.6) is 0 Å². The van der Waals surface area contributed by atoms with Gasteiger partial charge in [0.15, 0.2) is 0 Å². The van der Waals surface area contributed by atoms with Crippen molar-refractivity contribution < 1.29 is 9.90 Å². The number of nitrogens with zero attached hydrogens (tertiary/aromatic N) is 1. The van der Waals surface area contributed by atoms with E-state index in [1.807, 2.05) is 30.7 Å². The van der Waals surface area contributed by atoms with Crippen molar-refractivity contribution in [3.63, 3.8) is 0 Å². The first-order chi connectivity index (χ1) is 9.56. The van der Waals surface area contributed by atoms with Crippen LogP contribution in [0.2, 0.25) is 0 Å². The first kappa shape index (κ1) is 15.2. The average Bonchev–Trinajstić information content (AvgIpc) is 3.04. The smallest absolute Gasteiger partial charge is 0.270 e. The Balaban J connectivity index is 1.90. The van der Waals surface area contributed by atoms with Gasteiger partial charge in [-0.1, -0.05) is 13.8 Å². The Morgan fingerprint density at radius 1 is 1.45 bits per heavy atom. The first-order valence-electron chi connectivity index (χ1n) is 6.50. The van der Waals surface area contributed by atoms with Crippen LogP contribution in [0.15, 0.2) is 22.2 Å². The van der Waals surface area contributed by atoms with E-state index in [2.05, 4.69) is 10.3 Å². The van der Waals surface area contributed by atoms with Crippen LogP contribution in [0.25, 0.3) is 10.6 Å². The fourth-order valence-electron chi connectivity index (χ4n) is 1.83. The van der Waals surface area contributed by atoms with Crippen LogP contribution in [-0.4, -0.2) is 28.6 Å². The third kappa shape index (κ3) is 4.13. The summed E-state index contributed by atoms with van der Waals surface area (Å²) < 4.78 is 0. The number of aromatic nitrogens is 1. The zero-order valence-corrected chi connectivity index (χ0v) is 13.1. The maximum atomic E-state index is 11.9. The summed E-state index contributed by atoms with van der Waals surface area (Å²) in [4.78, 5) is 16.3.